The third-order valence-electron chi connectivity index (χ3n) is 2.42. The summed E-state index contributed by atoms with van der Waals surface area (Å²) in [7, 11) is -3.66. The van der Waals surface area contributed by atoms with Crippen LogP contribution in [0.25, 0.3) is 0 Å². The molecule has 0 saturated heterocycles. The molecule has 104 valence electrons. The number of nitrogens with two attached hydrogens (primary N) is 1. The van der Waals surface area contributed by atoms with Crippen LogP contribution in [0.4, 0.5) is 5.13 Å². The van der Waals surface area contributed by atoms with Crippen molar-refractivity contribution in [2.75, 3.05) is 11.3 Å². The molecule has 0 aliphatic heterocycles. The van der Waals surface area contributed by atoms with Crippen LogP contribution in [-0.4, -0.2) is 25.2 Å². The molecule has 20 heavy (non-hydrogen) atoms. The van der Waals surface area contributed by atoms with Crippen molar-refractivity contribution in [1.82, 2.24) is 10.2 Å². The van der Waals surface area contributed by atoms with E-state index in [0.29, 0.717) is 0 Å². The van der Waals surface area contributed by atoms with E-state index in [2.05, 4.69) is 26.8 Å². The van der Waals surface area contributed by atoms with Gasteiger partial charge >= 0.3 is 0 Å². The average molecular weight is 308 g/mol. The lowest BCUT2D eigenvalue weighted by Gasteiger charge is -2.06. The maximum absolute atomic E-state index is 12.1. The lowest BCUT2D eigenvalue weighted by Crippen LogP contribution is -2.13. The average Bonchev–Trinajstić information content (AvgIpc) is 2.89. The minimum absolute atomic E-state index is 0.156. The van der Waals surface area contributed by atoms with E-state index in [9.17, 15) is 8.42 Å². The quantitative estimate of drug-likeness (QED) is 0.823. The summed E-state index contributed by atoms with van der Waals surface area (Å²) in [5.41, 5.74) is 8.29. The largest absolute Gasteiger partial charge is 0.320 e. The molecule has 1 heterocycles. The van der Waals surface area contributed by atoms with Crippen LogP contribution in [0, 0.1) is 18.8 Å². The van der Waals surface area contributed by atoms with Crippen LogP contribution >= 0.6 is 11.3 Å². The summed E-state index contributed by atoms with van der Waals surface area (Å²) < 4.78 is 26.7. The van der Waals surface area contributed by atoms with Crippen LogP contribution < -0.4 is 10.5 Å². The van der Waals surface area contributed by atoms with Crippen molar-refractivity contribution in [2.24, 2.45) is 5.73 Å². The summed E-state index contributed by atoms with van der Waals surface area (Å²) in [6.07, 6.45) is 0. The minimum atomic E-state index is -3.66. The second kappa shape index (κ2) is 6.00. The van der Waals surface area contributed by atoms with E-state index in [1.165, 1.54) is 11.6 Å². The summed E-state index contributed by atoms with van der Waals surface area (Å²) in [4.78, 5) is 0.156. The maximum atomic E-state index is 12.1. The number of rotatable bonds is 3. The SMILES string of the molecule is Cc1cc(S(=O)(=O)Nc2nncs2)ccc1C#CCN. The van der Waals surface area contributed by atoms with Crippen molar-refractivity contribution in [1.29, 1.82) is 0 Å². The normalized spacial score (nSPS) is 10.7. The van der Waals surface area contributed by atoms with Gasteiger partial charge in [0, 0.05) is 5.56 Å². The highest BCUT2D eigenvalue weighted by atomic mass is 32.2. The first-order chi connectivity index (χ1) is 9.53. The monoisotopic (exact) mass is 308 g/mol. The molecule has 0 spiro atoms. The first-order valence-corrected chi connectivity index (χ1v) is 7.98. The van der Waals surface area contributed by atoms with Gasteiger partial charge in [0.2, 0.25) is 5.13 Å². The second-order valence-corrected chi connectivity index (χ2v) is 6.35. The van der Waals surface area contributed by atoms with Crippen LogP contribution in [0.5, 0.6) is 0 Å². The van der Waals surface area contributed by atoms with Crippen molar-refractivity contribution in [3.05, 3.63) is 34.8 Å². The fourth-order valence-electron chi connectivity index (χ4n) is 1.48. The molecule has 2 aromatic rings. The molecule has 0 radical (unpaired) electrons. The summed E-state index contributed by atoms with van der Waals surface area (Å²) in [6, 6.07) is 4.72. The molecule has 0 aliphatic rings. The molecule has 3 N–H and O–H groups in total. The summed E-state index contributed by atoms with van der Waals surface area (Å²) in [5.74, 6) is 5.62. The van der Waals surface area contributed by atoms with Gasteiger partial charge in [-0.3, -0.25) is 4.72 Å². The van der Waals surface area contributed by atoms with Gasteiger partial charge in [-0.05, 0) is 30.7 Å². The number of anilines is 1. The molecule has 1 aromatic heterocycles. The van der Waals surface area contributed by atoms with Crippen LogP contribution in [0.2, 0.25) is 0 Å². The Hall–Kier alpha value is -1.95. The standard InChI is InChI=1S/C12H12N4O2S2/c1-9-7-11(5-4-10(9)3-2-6-13)20(17,18)16-12-15-14-8-19-12/h4-5,7-8H,6,13H2,1H3,(H,15,16). The number of hydrogen-bond acceptors (Lipinski definition) is 6. The number of nitrogens with zero attached hydrogens (tertiary/aromatic N) is 2. The number of benzene rings is 1. The van der Waals surface area contributed by atoms with Crippen molar-refractivity contribution >= 4 is 26.5 Å². The lowest BCUT2D eigenvalue weighted by molar-refractivity contribution is 0.601. The Morgan fingerprint density at radius 3 is 2.85 bits per heavy atom. The second-order valence-electron chi connectivity index (χ2n) is 3.83. The Balaban J connectivity index is 2.31. The van der Waals surface area contributed by atoms with Crippen molar-refractivity contribution in [3.8, 4) is 11.8 Å². The Kier molecular flexibility index (Phi) is 4.34. The summed E-state index contributed by atoms with van der Waals surface area (Å²) in [6.45, 7) is 2.06. The molecule has 1 aromatic carbocycles. The fraction of sp³-hybridized carbons (Fsp3) is 0.167. The van der Waals surface area contributed by atoms with E-state index in [1.54, 1.807) is 19.1 Å². The van der Waals surface area contributed by atoms with E-state index in [-0.39, 0.29) is 16.6 Å². The van der Waals surface area contributed by atoms with Crippen molar-refractivity contribution in [2.45, 2.75) is 11.8 Å². The summed E-state index contributed by atoms with van der Waals surface area (Å²) in [5, 5.41) is 7.46. The minimum Gasteiger partial charge on any atom is -0.320 e. The topological polar surface area (TPSA) is 98.0 Å². The predicted molar refractivity (Wildman–Crippen MR) is 77.8 cm³/mol. The van der Waals surface area contributed by atoms with Crippen molar-refractivity contribution in [3.63, 3.8) is 0 Å². The Labute approximate surface area is 121 Å². The molecular formula is C12H12N4O2S2. The van der Waals surface area contributed by atoms with Gasteiger partial charge in [0.1, 0.15) is 5.51 Å². The number of sulfonamides is 1. The molecule has 2 rings (SSSR count). The van der Waals surface area contributed by atoms with Gasteiger partial charge in [-0.2, -0.15) is 0 Å². The van der Waals surface area contributed by atoms with Gasteiger partial charge in [-0.1, -0.05) is 23.2 Å². The van der Waals surface area contributed by atoms with Crippen LogP contribution in [0.1, 0.15) is 11.1 Å². The molecule has 6 nitrogen and oxygen atoms in total. The van der Waals surface area contributed by atoms with E-state index >= 15 is 0 Å². The third-order valence-corrected chi connectivity index (χ3v) is 4.49. The van der Waals surface area contributed by atoms with E-state index in [4.69, 9.17) is 5.73 Å². The zero-order valence-corrected chi connectivity index (χ0v) is 12.3. The molecule has 8 heteroatoms. The molecule has 0 fully saturated rings. The highest BCUT2D eigenvalue weighted by Gasteiger charge is 2.16. The zero-order chi connectivity index (χ0) is 14.6. The molecule has 0 bridgehead atoms. The Bertz CT molecular complexity index is 758. The van der Waals surface area contributed by atoms with Gasteiger partial charge in [0.15, 0.2) is 0 Å². The Morgan fingerprint density at radius 1 is 1.45 bits per heavy atom. The van der Waals surface area contributed by atoms with Crippen LogP contribution in [0.15, 0.2) is 28.6 Å². The predicted octanol–water partition coefficient (Wildman–Crippen LogP) is 0.958. The molecule has 0 atom stereocenters. The third kappa shape index (κ3) is 3.33. The number of hydrogen-bond donors (Lipinski definition) is 2. The molecular weight excluding hydrogens is 296 g/mol. The van der Waals surface area contributed by atoms with Crippen LogP contribution in [0.3, 0.4) is 0 Å². The first kappa shape index (κ1) is 14.5. The number of aromatic nitrogens is 2. The van der Waals surface area contributed by atoms with Gasteiger partial charge in [-0.15, -0.1) is 10.2 Å². The molecule has 0 aliphatic carbocycles. The zero-order valence-electron chi connectivity index (χ0n) is 10.6. The van der Waals surface area contributed by atoms with Gasteiger partial charge < -0.3 is 5.73 Å². The fourth-order valence-corrected chi connectivity index (χ4v) is 3.26. The highest BCUT2D eigenvalue weighted by molar-refractivity contribution is 7.93. The summed E-state index contributed by atoms with van der Waals surface area (Å²) >= 11 is 1.11. The smallest absolute Gasteiger partial charge is 0.263 e. The van der Waals surface area contributed by atoms with E-state index in [0.717, 1.165) is 22.5 Å². The number of aryl methyl sites for hydroxylation is 1. The van der Waals surface area contributed by atoms with Gasteiger partial charge in [-0.25, -0.2) is 8.42 Å². The molecule has 0 amide bonds. The van der Waals surface area contributed by atoms with Crippen LogP contribution in [-0.2, 0) is 10.0 Å². The lowest BCUT2D eigenvalue weighted by atomic mass is 10.1. The van der Waals surface area contributed by atoms with E-state index < -0.39 is 10.0 Å². The van der Waals surface area contributed by atoms with E-state index in [1.807, 2.05) is 0 Å². The highest BCUT2D eigenvalue weighted by Crippen LogP contribution is 2.19. The van der Waals surface area contributed by atoms with Gasteiger partial charge in [0.25, 0.3) is 10.0 Å². The molecule has 0 unspecified atom stereocenters. The molecule has 0 saturated carbocycles. The Morgan fingerprint density at radius 2 is 2.25 bits per heavy atom. The van der Waals surface area contributed by atoms with Crippen molar-refractivity contribution < 1.29 is 8.42 Å². The number of nitrogens with one attached hydrogen (secondary N) is 1. The first-order valence-electron chi connectivity index (χ1n) is 5.61. The van der Waals surface area contributed by atoms with Gasteiger partial charge in [0.05, 0.1) is 11.4 Å². The maximum Gasteiger partial charge on any atom is 0.263 e.